The zero-order valence-corrected chi connectivity index (χ0v) is 28.9. The van der Waals surface area contributed by atoms with E-state index in [0.29, 0.717) is 52.0 Å². The van der Waals surface area contributed by atoms with Gasteiger partial charge in [0.25, 0.3) is 0 Å². The molecule has 2 amide bonds. The van der Waals surface area contributed by atoms with Crippen LogP contribution in [-0.2, 0) is 30.7 Å². The van der Waals surface area contributed by atoms with Gasteiger partial charge in [-0.15, -0.1) is 0 Å². The van der Waals surface area contributed by atoms with Crippen molar-refractivity contribution in [2.75, 3.05) is 38.7 Å². The molecule has 0 aliphatic carbocycles. The Morgan fingerprint density at radius 3 is 2.38 bits per heavy atom. The molecule has 0 unspecified atom stereocenters. The van der Waals surface area contributed by atoms with Crippen LogP contribution in [0.1, 0.15) is 49.7 Å². The maximum absolute atomic E-state index is 15.4. The number of nitrogens with one attached hydrogen (secondary N) is 3. The first-order chi connectivity index (χ1) is 24.0. The molecule has 2 fully saturated rings. The number of piperazine rings is 1. The molecule has 0 radical (unpaired) electrons. The molecule has 270 valence electrons. The van der Waals surface area contributed by atoms with Crippen LogP contribution in [0.3, 0.4) is 0 Å². The summed E-state index contributed by atoms with van der Waals surface area (Å²) in [5.74, 6) is -4.14. The SMILES string of the molecule is COC(=O)N[C@H](C(=O)Nc1cccc(F)c1CCC[C@H]1CNC[C@@H](C)N1S(=O)(=O)c1ccccc1)[C@@H](c1cc(F)cc(F)c1)C1CCOCC1. The minimum atomic E-state index is -3.79. The van der Waals surface area contributed by atoms with Gasteiger partial charge in [0, 0.05) is 61.6 Å². The van der Waals surface area contributed by atoms with Crippen LogP contribution >= 0.6 is 0 Å². The average molecular weight is 717 g/mol. The quantitative estimate of drug-likeness (QED) is 0.231. The zero-order chi connectivity index (χ0) is 35.8. The Labute approximate surface area is 290 Å². The molecule has 14 heteroatoms. The number of benzene rings is 3. The Bertz CT molecular complexity index is 1720. The van der Waals surface area contributed by atoms with Crippen molar-refractivity contribution in [2.45, 2.75) is 68.0 Å². The van der Waals surface area contributed by atoms with Gasteiger partial charge in [-0.25, -0.2) is 26.4 Å². The second kappa shape index (κ2) is 16.8. The number of rotatable bonds is 12. The Balaban J connectivity index is 1.38. The van der Waals surface area contributed by atoms with Crippen LogP contribution in [0.4, 0.5) is 23.7 Å². The van der Waals surface area contributed by atoms with Crippen molar-refractivity contribution >= 4 is 27.7 Å². The van der Waals surface area contributed by atoms with E-state index in [4.69, 9.17) is 9.47 Å². The lowest BCUT2D eigenvalue weighted by Gasteiger charge is -2.40. The van der Waals surface area contributed by atoms with Crippen molar-refractivity contribution in [2.24, 2.45) is 5.92 Å². The highest BCUT2D eigenvalue weighted by atomic mass is 32.2. The van der Waals surface area contributed by atoms with Gasteiger partial charge in [-0.2, -0.15) is 4.31 Å². The number of ether oxygens (including phenoxy) is 2. The summed E-state index contributed by atoms with van der Waals surface area (Å²) < 4.78 is 83.5. The largest absolute Gasteiger partial charge is 0.453 e. The molecule has 0 bridgehead atoms. The van der Waals surface area contributed by atoms with Gasteiger partial charge >= 0.3 is 6.09 Å². The molecular weight excluding hydrogens is 673 g/mol. The van der Waals surface area contributed by atoms with Crippen molar-refractivity contribution in [3.05, 3.63) is 95.3 Å². The molecule has 0 aromatic heterocycles. The molecule has 3 aromatic rings. The maximum atomic E-state index is 15.4. The molecule has 2 aliphatic rings. The first-order valence-corrected chi connectivity index (χ1v) is 18.2. The van der Waals surface area contributed by atoms with Gasteiger partial charge in [-0.05, 0) is 86.9 Å². The molecule has 0 saturated carbocycles. The average Bonchev–Trinajstić information content (AvgIpc) is 3.09. The minimum Gasteiger partial charge on any atom is -0.453 e. The lowest BCUT2D eigenvalue weighted by atomic mass is 9.76. The molecule has 2 heterocycles. The van der Waals surface area contributed by atoms with Crippen LogP contribution < -0.4 is 16.0 Å². The van der Waals surface area contributed by atoms with E-state index in [9.17, 15) is 26.8 Å². The van der Waals surface area contributed by atoms with Crippen LogP contribution in [0, 0.1) is 23.4 Å². The highest BCUT2D eigenvalue weighted by molar-refractivity contribution is 7.89. The molecular formula is C36H43F3N4O6S. The Hall–Kier alpha value is -3.98. The molecule has 0 spiro atoms. The summed E-state index contributed by atoms with van der Waals surface area (Å²) in [6.45, 7) is 3.48. The number of halogens is 3. The number of carbonyl (C=O) groups is 2. The second-order valence-corrected chi connectivity index (χ2v) is 14.6. The van der Waals surface area contributed by atoms with Gasteiger partial charge in [-0.1, -0.05) is 24.3 Å². The molecule has 10 nitrogen and oxygen atoms in total. The van der Waals surface area contributed by atoms with Crippen molar-refractivity contribution in [3.63, 3.8) is 0 Å². The molecule has 4 atom stereocenters. The highest BCUT2D eigenvalue weighted by Crippen LogP contribution is 2.37. The molecule has 50 heavy (non-hydrogen) atoms. The first-order valence-electron chi connectivity index (χ1n) is 16.8. The van der Waals surface area contributed by atoms with E-state index in [1.54, 1.807) is 30.3 Å². The number of methoxy groups -OCH3 is 1. The number of carbonyl (C=O) groups excluding carboxylic acids is 2. The summed E-state index contributed by atoms with van der Waals surface area (Å²) in [7, 11) is -2.66. The Morgan fingerprint density at radius 2 is 1.70 bits per heavy atom. The van der Waals surface area contributed by atoms with Crippen molar-refractivity contribution in [1.82, 2.24) is 14.9 Å². The summed E-state index contributed by atoms with van der Waals surface area (Å²) in [5, 5.41) is 8.61. The number of hydrogen-bond donors (Lipinski definition) is 3. The van der Waals surface area contributed by atoms with E-state index in [2.05, 4.69) is 16.0 Å². The predicted octanol–water partition coefficient (Wildman–Crippen LogP) is 5.35. The highest BCUT2D eigenvalue weighted by Gasteiger charge is 2.39. The summed E-state index contributed by atoms with van der Waals surface area (Å²) in [6.07, 6.45) is 0.970. The second-order valence-electron chi connectivity index (χ2n) is 12.7. The van der Waals surface area contributed by atoms with E-state index in [1.165, 1.54) is 22.5 Å². The summed E-state index contributed by atoms with van der Waals surface area (Å²) in [5.41, 5.74) is 0.536. The van der Waals surface area contributed by atoms with E-state index in [1.807, 2.05) is 6.92 Å². The third kappa shape index (κ3) is 8.84. The third-order valence-corrected chi connectivity index (χ3v) is 11.5. The van der Waals surface area contributed by atoms with Crippen molar-refractivity contribution in [1.29, 1.82) is 0 Å². The van der Waals surface area contributed by atoms with Crippen molar-refractivity contribution < 1.29 is 40.7 Å². The van der Waals surface area contributed by atoms with Crippen molar-refractivity contribution in [3.8, 4) is 0 Å². The molecule has 2 aliphatic heterocycles. The lowest BCUT2D eigenvalue weighted by molar-refractivity contribution is -0.119. The van der Waals surface area contributed by atoms with Gasteiger partial charge in [0.05, 0.1) is 12.0 Å². The number of sulfonamides is 1. The third-order valence-electron chi connectivity index (χ3n) is 9.42. The Morgan fingerprint density at radius 1 is 1.00 bits per heavy atom. The number of alkyl carbamates (subject to hydrolysis) is 1. The van der Waals surface area contributed by atoms with Gasteiger partial charge in [0.2, 0.25) is 15.9 Å². The number of anilines is 1. The van der Waals surface area contributed by atoms with E-state index in [-0.39, 0.29) is 40.1 Å². The van der Waals surface area contributed by atoms with Crippen LogP contribution in [0.25, 0.3) is 0 Å². The summed E-state index contributed by atoms with van der Waals surface area (Å²) in [6, 6.07) is 13.4. The fourth-order valence-corrected chi connectivity index (χ4v) is 8.98. The molecule has 3 aromatic carbocycles. The normalized spacial score (nSPS) is 20.1. The van der Waals surface area contributed by atoms with E-state index < -0.39 is 57.5 Å². The van der Waals surface area contributed by atoms with E-state index in [0.717, 1.165) is 25.3 Å². The van der Waals surface area contributed by atoms with Crippen LogP contribution in [0.15, 0.2) is 71.6 Å². The monoisotopic (exact) mass is 716 g/mol. The zero-order valence-electron chi connectivity index (χ0n) is 28.0. The lowest BCUT2D eigenvalue weighted by Crippen LogP contribution is -2.58. The van der Waals surface area contributed by atoms with Crippen LogP contribution in [0.2, 0.25) is 0 Å². The standard InChI is InChI=1S/C36H43F3N4O6S/c1-23-21-40-22-28(43(23)50(46,47)29-9-4-3-5-10-29)8-6-11-30-31(39)12-7-13-32(30)41-35(44)34(42-36(45)48-2)33(24-14-16-49-17-15-24)25-18-26(37)20-27(38)19-25/h3-5,7,9-10,12-13,18-20,23-24,28,33-34,40H,6,8,11,14-17,21-22H2,1-2H3,(H,41,44)(H,42,45)/t23-,28+,33-,34+/m1/s1. The predicted molar refractivity (Wildman–Crippen MR) is 182 cm³/mol. The van der Waals surface area contributed by atoms with E-state index >= 15 is 4.39 Å². The smallest absolute Gasteiger partial charge is 0.407 e. The fourth-order valence-electron chi connectivity index (χ4n) is 7.11. The van der Waals surface area contributed by atoms with Gasteiger partial charge in [0.1, 0.15) is 23.5 Å². The summed E-state index contributed by atoms with van der Waals surface area (Å²) in [4.78, 5) is 26.9. The molecule has 5 rings (SSSR count). The Kier molecular flexibility index (Phi) is 12.5. The van der Waals surface area contributed by atoms with Crippen LogP contribution in [-0.4, -0.2) is 76.3 Å². The van der Waals surface area contributed by atoms with Crippen LogP contribution in [0.5, 0.6) is 0 Å². The summed E-state index contributed by atoms with van der Waals surface area (Å²) >= 11 is 0. The minimum absolute atomic E-state index is 0.159. The molecule has 3 N–H and O–H groups in total. The topological polar surface area (TPSA) is 126 Å². The fraction of sp³-hybridized carbons (Fsp3) is 0.444. The molecule has 2 saturated heterocycles. The number of amides is 2. The first kappa shape index (κ1) is 37.3. The number of nitrogens with zero attached hydrogens (tertiary/aromatic N) is 1. The number of hydrogen-bond acceptors (Lipinski definition) is 7. The van der Waals surface area contributed by atoms with Gasteiger partial charge < -0.3 is 25.4 Å². The van der Waals surface area contributed by atoms with Gasteiger partial charge in [-0.3, -0.25) is 4.79 Å². The maximum Gasteiger partial charge on any atom is 0.407 e. The van der Waals surface area contributed by atoms with Gasteiger partial charge in [0.15, 0.2) is 0 Å².